The Labute approximate surface area is 172 Å². The van der Waals surface area contributed by atoms with Gasteiger partial charge in [0.2, 0.25) is 0 Å². The van der Waals surface area contributed by atoms with E-state index < -0.39 is 9.84 Å². The third-order valence-corrected chi connectivity index (χ3v) is 6.55. The summed E-state index contributed by atoms with van der Waals surface area (Å²) in [6.45, 7) is 7.04. The summed E-state index contributed by atoms with van der Waals surface area (Å²) in [6, 6.07) is 10.5. The van der Waals surface area contributed by atoms with Crippen molar-refractivity contribution in [1.82, 2.24) is 5.32 Å². The van der Waals surface area contributed by atoms with Gasteiger partial charge >= 0.3 is 0 Å². The van der Waals surface area contributed by atoms with Crippen LogP contribution in [-0.4, -0.2) is 53.7 Å². The number of furan rings is 1. The molecule has 1 aromatic carbocycles. The molecular formula is C21H29N2O5S+. The number of sulfone groups is 1. The average molecular weight is 422 g/mol. The number of morpholine rings is 1. The molecule has 2 heterocycles. The van der Waals surface area contributed by atoms with Gasteiger partial charge in [-0.15, -0.1) is 0 Å². The number of hydrogen-bond donors (Lipinski definition) is 2. The molecule has 2 N–H and O–H groups in total. The van der Waals surface area contributed by atoms with Gasteiger partial charge in [-0.05, 0) is 30.2 Å². The van der Waals surface area contributed by atoms with E-state index in [0.29, 0.717) is 6.54 Å². The molecule has 7 nitrogen and oxygen atoms in total. The molecule has 1 amide bonds. The molecular weight excluding hydrogens is 392 g/mol. The van der Waals surface area contributed by atoms with Crippen LogP contribution in [0.2, 0.25) is 0 Å². The van der Waals surface area contributed by atoms with Crippen molar-refractivity contribution in [1.29, 1.82) is 0 Å². The van der Waals surface area contributed by atoms with Crippen LogP contribution in [0.4, 0.5) is 0 Å². The second-order valence-electron chi connectivity index (χ2n) is 7.45. The Balaban J connectivity index is 1.46. The molecule has 0 unspecified atom stereocenters. The second kappa shape index (κ2) is 10.0. The number of carbonyl (C=O) groups is 1. The van der Waals surface area contributed by atoms with Gasteiger partial charge in [-0.2, -0.15) is 0 Å². The maximum absolute atomic E-state index is 12.5. The van der Waals surface area contributed by atoms with Crippen LogP contribution in [0.3, 0.4) is 0 Å². The van der Waals surface area contributed by atoms with Crippen LogP contribution in [0, 0.1) is 6.92 Å². The lowest BCUT2D eigenvalue weighted by atomic mass is 10.1. The molecule has 1 fully saturated rings. The van der Waals surface area contributed by atoms with Gasteiger partial charge < -0.3 is 19.4 Å². The third-order valence-electron chi connectivity index (χ3n) is 5.08. The largest absolute Gasteiger partial charge is 0.455 e. The second-order valence-corrected chi connectivity index (χ2v) is 9.51. The summed E-state index contributed by atoms with van der Waals surface area (Å²) in [5.74, 6) is -0.170. The molecule has 0 bridgehead atoms. The smallest absolute Gasteiger partial charge is 0.286 e. The van der Waals surface area contributed by atoms with Crippen molar-refractivity contribution in [2.24, 2.45) is 0 Å². The highest BCUT2D eigenvalue weighted by molar-refractivity contribution is 7.89. The fraction of sp³-hybridized carbons (Fsp3) is 0.476. The number of quaternary nitrogens is 1. The zero-order valence-corrected chi connectivity index (χ0v) is 17.6. The molecule has 3 rings (SSSR count). The Morgan fingerprint density at radius 1 is 1.10 bits per heavy atom. The topological polar surface area (TPSA) is 90.1 Å². The molecule has 29 heavy (non-hydrogen) atoms. The average Bonchev–Trinajstić information content (AvgIpc) is 3.15. The van der Waals surface area contributed by atoms with E-state index in [1.165, 1.54) is 11.0 Å². The first-order valence-corrected chi connectivity index (χ1v) is 11.8. The monoisotopic (exact) mass is 421 g/mol. The number of ether oxygens (including phenoxy) is 1. The minimum atomic E-state index is -3.39. The number of amides is 1. The first kappa shape index (κ1) is 21.5. The number of nitrogens with one attached hydrogen (secondary N) is 2. The van der Waals surface area contributed by atoms with Crippen molar-refractivity contribution in [2.75, 3.05) is 39.4 Å². The summed E-state index contributed by atoms with van der Waals surface area (Å²) >= 11 is 0. The standard InChI is InChI=1S/C21H28N2O5S/c1-17-5-2-3-6-18(17)15-29(25,26)16-19-7-8-20(28-19)21(24)22-9-4-10-23-11-13-27-14-12-23/h2-3,5-8H,4,9-16H2,1H3,(H,22,24)/p+1. The van der Waals surface area contributed by atoms with Crippen LogP contribution in [0.1, 0.15) is 33.9 Å². The van der Waals surface area contributed by atoms with Crippen LogP contribution < -0.4 is 10.2 Å². The fourth-order valence-corrected chi connectivity index (χ4v) is 4.88. The van der Waals surface area contributed by atoms with Gasteiger partial charge in [-0.25, -0.2) is 8.42 Å². The summed E-state index contributed by atoms with van der Waals surface area (Å²) < 4.78 is 35.8. The van der Waals surface area contributed by atoms with E-state index in [1.54, 1.807) is 6.07 Å². The lowest BCUT2D eigenvalue weighted by Crippen LogP contribution is -3.14. The maximum atomic E-state index is 12.5. The predicted molar refractivity (Wildman–Crippen MR) is 110 cm³/mol. The number of hydrogen-bond acceptors (Lipinski definition) is 5. The van der Waals surface area contributed by atoms with Crippen molar-refractivity contribution in [3.63, 3.8) is 0 Å². The van der Waals surface area contributed by atoms with Gasteiger partial charge in [0, 0.05) is 13.0 Å². The summed E-state index contributed by atoms with van der Waals surface area (Å²) in [6.07, 6.45) is 0.874. The van der Waals surface area contributed by atoms with Gasteiger partial charge in [0.1, 0.15) is 24.6 Å². The van der Waals surface area contributed by atoms with Crippen molar-refractivity contribution in [2.45, 2.75) is 24.9 Å². The van der Waals surface area contributed by atoms with Crippen molar-refractivity contribution in [3.05, 3.63) is 59.0 Å². The fourth-order valence-electron chi connectivity index (χ4n) is 3.39. The highest BCUT2D eigenvalue weighted by atomic mass is 32.2. The minimum absolute atomic E-state index is 0.0498. The van der Waals surface area contributed by atoms with Crippen LogP contribution in [0.15, 0.2) is 40.8 Å². The Morgan fingerprint density at radius 2 is 1.86 bits per heavy atom. The summed E-state index contributed by atoms with van der Waals surface area (Å²) in [7, 11) is -3.39. The lowest BCUT2D eigenvalue weighted by Gasteiger charge is -2.23. The Morgan fingerprint density at radius 3 is 2.62 bits per heavy atom. The molecule has 1 aromatic heterocycles. The molecule has 8 heteroatoms. The van der Waals surface area contributed by atoms with Gasteiger partial charge in [-0.3, -0.25) is 4.79 Å². The molecule has 1 aliphatic heterocycles. The van der Waals surface area contributed by atoms with Crippen LogP contribution >= 0.6 is 0 Å². The summed E-state index contributed by atoms with van der Waals surface area (Å²) in [4.78, 5) is 13.7. The van der Waals surface area contributed by atoms with E-state index in [4.69, 9.17) is 9.15 Å². The zero-order chi connectivity index (χ0) is 20.7. The minimum Gasteiger partial charge on any atom is -0.455 e. The van der Waals surface area contributed by atoms with Crippen molar-refractivity contribution >= 4 is 15.7 Å². The van der Waals surface area contributed by atoms with Crippen LogP contribution in [0.5, 0.6) is 0 Å². The molecule has 1 aliphatic rings. The normalized spacial score (nSPS) is 15.3. The van der Waals surface area contributed by atoms with E-state index in [2.05, 4.69) is 5.32 Å². The van der Waals surface area contributed by atoms with E-state index in [0.717, 1.165) is 50.4 Å². The number of rotatable bonds is 9. The zero-order valence-electron chi connectivity index (χ0n) is 16.8. The highest BCUT2D eigenvalue weighted by Gasteiger charge is 2.19. The van der Waals surface area contributed by atoms with Gasteiger partial charge in [-0.1, -0.05) is 24.3 Å². The first-order valence-electron chi connectivity index (χ1n) is 9.96. The number of aryl methyl sites for hydroxylation is 1. The van der Waals surface area contributed by atoms with E-state index >= 15 is 0 Å². The Hall–Kier alpha value is -2.16. The summed E-state index contributed by atoms with van der Waals surface area (Å²) in [5, 5.41) is 2.84. The molecule has 1 saturated heterocycles. The van der Waals surface area contributed by atoms with E-state index in [-0.39, 0.29) is 28.9 Å². The maximum Gasteiger partial charge on any atom is 0.286 e. The predicted octanol–water partition coefficient (Wildman–Crippen LogP) is 0.738. The highest BCUT2D eigenvalue weighted by Crippen LogP contribution is 2.17. The molecule has 0 saturated carbocycles. The molecule has 0 radical (unpaired) electrons. The van der Waals surface area contributed by atoms with Crippen molar-refractivity contribution in [3.8, 4) is 0 Å². The van der Waals surface area contributed by atoms with Crippen LogP contribution in [-0.2, 0) is 26.1 Å². The summed E-state index contributed by atoms with van der Waals surface area (Å²) in [5.41, 5.74) is 1.72. The van der Waals surface area contributed by atoms with Gasteiger partial charge in [0.25, 0.3) is 5.91 Å². The molecule has 2 aromatic rings. The van der Waals surface area contributed by atoms with E-state index in [9.17, 15) is 13.2 Å². The lowest BCUT2D eigenvalue weighted by molar-refractivity contribution is -0.908. The first-order chi connectivity index (χ1) is 13.9. The molecule has 158 valence electrons. The van der Waals surface area contributed by atoms with Crippen molar-refractivity contribution < 1.29 is 27.3 Å². The quantitative estimate of drug-likeness (QED) is 0.583. The molecule has 0 spiro atoms. The molecule has 0 atom stereocenters. The Bertz CT molecular complexity index is 917. The number of benzene rings is 1. The molecule has 0 aliphatic carbocycles. The van der Waals surface area contributed by atoms with Gasteiger partial charge in [0.15, 0.2) is 15.6 Å². The SMILES string of the molecule is Cc1ccccc1CS(=O)(=O)Cc1ccc(C(=O)NCCC[NH+]2CCOCC2)o1. The third kappa shape index (κ3) is 6.69. The number of carbonyl (C=O) groups excluding carboxylic acids is 1. The van der Waals surface area contributed by atoms with E-state index in [1.807, 2.05) is 31.2 Å². The Kier molecular flexibility index (Phi) is 7.46. The van der Waals surface area contributed by atoms with Crippen LogP contribution in [0.25, 0.3) is 0 Å². The van der Waals surface area contributed by atoms with Gasteiger partial charge in [0.05, 0.1) is 25.5 Å².